The summed E-state index contributed by atoms with van der Waals surface area (Å²) in [4.78, 5) is 0. The Labute approximate surface area is 87.3 Å². The molecule has 0 fully saturated rings. The molecule has 0 aliphatic carbocycles. The van der Waals surface area contributed by atoms with Crippen LogP contribution in [-0.4, -0.2) is 12.1 Å². The molecule has 0 radical (unpaired) electrons. The first-order valence-corrected chi connectivity index (χ1v) is 8.61. The second kappa shape index (κ2) is 3.87. The molecule has 0 nitrogen and oxygen atoms in total. The number of rotatable bonds is 2. The van der Waals surface area contributed by atoms with E-state index in [0.717, 1.165) is 0 Å². The SMILES string of the molecule is C[Si](C)(CI)c1ccc(F)cc1. The molecule has 3 heteroatoms. The zero-order chi connectivity index (χ0) is 9.19. The molecule has 0 bridgehead atoms. The van der Waals surface area contributed by atoms with Crippen molar-refractivity contribution in [3.63, 3.8) is 0 Å². The lowest BCUT2D eigenvalue weighted by atomic mass is 10.3. The van der Waals surface area contributed by atoms with Crippen LogP contribution in [0.1, 0.15) is 0 Å². The van der Waals surface area contributed by atoms with Gasteiger partial charge in [0, 0.05) is 0 Å². The Balaban J connectivity index is 2.96. The minimum atomic E-state index is -1.26. The number of hydrogen-bond donors (Lipinski definition) is 0. The average Bonchev–Trinajstić information content (AvgIpc) is 2.05. The highest BCUT2D eigenvalue weighted by atomic mass is 127. The Morgan fingerprint density at radius 3 is 2.17 bits per heavy atom. The molecular formula is C9H12FISi. The molecular weight excluding hydrogens is 282 g/mol. The maximum atomic E-state index is 12.6. The second-order valence-electron chi connectivity index (χ2n) is 3.52. The van der Waals surface area contributed by atoms with E-state index < -0.39 is 8.07 Å². The van der Waals surface area contributed by atoms with Crippen LogP contribution in [0, 0.1) is 5.82 Å². The monoisotopic (exact) mass is 294 g/mol. The van der Waals surface area contributed by atoms with Gasteiger partial charge < -0.3 is 0 Å². The van der Waals surface area contributed by atoms with Crippen molar-refractivity contribution in [2.75, 3.05) is 4.05 Å². The van der Waals surface area contributed by atoms with Crippen molar-refractivity contribution in [3.8, 4) is 0 Å². The number of halogens is 2. The summed E-state index contributed by atoms with van der Waals surface area (Å²) in [6.07, 6.45) is 0. The maximum Gasteiger partial charge on any atom is 0.123 e. The van der Waals surface area contributed by atoms with E-state index in [9.17, 15) is 4.39 Å². The van der Waals surface area contributed by atoms with E-state index in [1.165, 1.54) is 9.24 Å². The van der Waals surface area contributed by atoms with E-state index in [-0.39, 0.29) is 5.82 Å². The first-order valence-electron chi connectivity index (χ1n) is 3.88. The molecule has 0 saturated heterocycles. The molecule has 0 amide bonds. The van der Waals surface area contributed by atoms with Crippen LogP contribution in [0.2, 0.25) is 13.1 Å². The van der Waals surface area contributed by atoms with Gasteiger partial charge in [0.25, 0.3) is 0 Å². The normalized spacial score (nSPS) is 11.7. The molecule has 0 aliphatic heterocycles. The molecule has 0 atom stereocenters. The lowest BCUT2D eigenvalue weighted by Crippen LogP contribution is -2.43. The summed E-state index contributed by atoms with van der Waals surface area (Å²) in [6, 6.07) is 6.94. The molecule has 66 valence electrons. The van der Waals surface area contributed by atoms with Crippen molar-refractivity contribution >= 4 is 35.9 Å². The van der Waals surface area contributed by atoms with Crippen molar-refractivity contribution < 1.29 is 4.39 Å². The third-order valence-electron chi connectivity index (χ3n) is 1.96. The van der Waals surface area contributed by atoms with Crippen LogP contribution in [0.3, 0.4) is 0 Å². The summed E-state index contributed by atoms with van der Waals surface area (Å²) in [5, 5.41) is 1.33. The number of hydrogen-bond acceptors (Lipinski definition) is 0. The van der Waals surface area contributed by atoms with Gasteiger partial charge in [0.2, 0.25) is 0 Å². The summed E-state index contributed by atoms with van der Waals surface area (Å²) < 4.78 is 13.8. The van der Waals surface area contributed by atoms with Gasteiger partial charge in [-0.3, -0.25) is 0 Å². The van der Waals surface area contributed by atoms with Gasteiger partial charge in [-0.15, -0.1) is 0 Å². The Morgan fingerprint density at radius 1 is 1.25 bits per heavy atom. The fourth-order valence-electron chi connectivity index (χ4n) is 0.978. The Hall–Kier alpha value is 0.0969. The largest absolute Gasteiger partial charge is 0.207 e. The first-order chi connectivity index (χ1) is 5.56. The molecule has 0 heterocycles. The molecule has 0 saturated carbocycles. The third-order valence-corrected chi connectivity index (χ3v) is 10.2. The molecule has 0 N–H and O–H groups in total. The predicted molar refractivity (Wildman–Crippen MR) is 62.4 cm³/mol. The summed E-state index contributed by atoms with van der Waals surface area (Å²) in [7, 11) is -1.26. The quantitative estimate of drug-likeness (QED) is 0.447. The fraction of sp³-hybridized carbons (Fsp3) is 0.333. The summed E-state index contributed by atoms with van der Waals surface area (Å²) in [5.74, 6) is -0.142. The van der Waals surface area contributed by atoms with Crippen LogP contribution < -0.4 is 5.19 Å². The van der Waals surface area contributed by atoms with Gasteiger partial charge in [-0.25, -0.2) is 4.39 Å². The van der Waals surface area contributed by atoms with Crippen LogP contribution >= 0.6 is 22.6 Å². The molecule has 0 aliphatic rings. The van der Waals surface area contributed by atoms with E-state index >= 15 is 0 Å². The topological polar surface area (TPSA) is 0 Å². The predicted octanol–water partition coefficient (Wildman–Crippen LogP) is 2.72. The Morgan fingerprint density at radius 2 is 1.75 bits per heavy atom. The highest BCUT2D eigenvalue weighted by Crippen LogP contribution is 2.07. The zero-order valence-electron chi connectivity index (χ0n) is 7.27. The first kappa shape index (κ1) is 10.2. The third kappa shape index (κ3) is 2.29. The maximum absolute atomic E-state index is 12.6. The Kier molecular flexibility index (Phi) is 3.28. The number of alkyl halides is 1. The summed E-state index contributed by atoms with van der Waals surface area (Å²) in [6.45, 7) is 4.60. The molecule has 12 heavy (non-hydrogen) atoms. The second-order valence-corrected chi connectivity index (χ2v) is 10.4. The molecule has 1 rings (SSSR count). The summed E-state index contributed by atoms with van der Waals surface area (Å²) >= 11 is 2.41. The smallest absolute Gasteiger partial charge is 0.123 e. The minimum absolute atomic E-state index is 0.142. The molecule has 1 aromatic carbocycles. The van der Waals surface area contributed by atoms with E-state index in [2.05, 4.69) is 35.7 Å². The molecule has 1 aromatic rings. The van der Waals surface area contributed by atoms with Gasteiger partial charge in [0.15, 0.2) is 0 Å². The molecule has 0 aromatic heterocycles. The average molecular weight is 294 g/mol. The van der Waals surface area contributed by atoms with Crippen LogP contribution in [0.4, 0.5) is 4.39 Å². The van der Waals surface area contributed by atoms with E-state index in [0.29, 0.717) is 0 Å². The van der Waals surface area contributed by atoms with Crippen molar-refractivity contribution in [2.24, 2.45) is 0 Å². The van der Waals surface area contributed by atoms with Crippen LogP contribution in [0.25, 0.3) is 0 Å². The fourth-order valence-corrected chi connectivity index (χ4v) is 3.52. The van der Waals surface area contributed by atoms with Crippen molar-refractivity contribution in [1.29, 1.82) is 0 Å². The highest BCUT2D eigenvalue weighted by molar-refractivity contribution is 14.1. The Bertz CT molecular complexity index is 256. The highest BCUT2D eigenvalue weighted by Gasteiger charge is 2.21. The van der Waals surface area contributed by atoms with Gasteiger partial charge in [0.05, 0.1) is 8.07 Å². The minimum Gasteiger partial charge on any atom is -0.207 e. The lowest BCUT2D eigenvalue weighted by Gasteiger charge is -2.19. The molecule has 0 unspecified atom stereocenters. The van der Waals surface area contributed by atoms with Crippen molar-refractivity contribution in [1.82, 2.24) is 0 Å². The number of benzene rings is 1. The standard InChI is InChI=1S/C9H12FISi/c1-12(2,7-11)9-5-3-8(10)4-6-9/h3-6H,7H2,1-2H3. The van der Waals surface area contributed by atoms with Gasteiger partial charge >= 0.3 is 0 Å². The van der Waals surface area contributed by atoms with Gasteiger partial charge in [-0.05, 0) is 16.2 Å². The van der Waals surface area contributed by atoms with E-state index in [1.807, 2.05) is 12.1 Å². The van der Waals surface area contributed by atoms with Gasteiger partial charge in [-0.1, -0.05) is 53.0 Å². The van der Waals surface area contributed by atoms with Gasteiger partial charge in [0.1, 0.15) is 5.82 Å². The van der Waals surface area contributed by atoms with Gasteiger partial charge in [-0.2, -0.15) is 0 Å². The van der Waals surface area contributed by atoms with Crippen LogP contribution in [0.15, 0.2) is 24.3 Å². The van der Waals surface area contributed by atoms with Crippen LogP contribution in [-0.2, 0) is 0 Å². The van der Waals surface area contributed by atoms with Crippen molar-refractivity contribution in [2.45, 2.75) is 13.1 Å². The van der Waals surface area contributed by atoms with Crippen molar-refractivity contribution in [3.05, 3.63) is 30.1 Å². The summed E-state index contributed by atoms with van der Waals surface area (Å²) in [5.41, 5.74) is 0. The lowest BCUT2D eigenvalue weighted by molar-refractivity contribution is 0.628. The van der Waals surface area contributed by atoms with E-state index in [1.54, 1.807) is 12.1 Å². The van der Waals surface area contributed by atoms with Crippen LogP contribution in [0.5, 0.6) is 0 Å². The zero-order valence-corrected chi connectivity index (χ0v) is 10.4. The van der Waals surface area contributed by atoms with E-state index in [4.69, 9.17) is 0 Å². The molecule has 0 spiro atoms.